The van der Waals surface area contributed by atoms with E-state index in [4.69, 9.17) is 0 Å². The van der Waals surface area contributed by atoms with E-state index in [1.165, 1.54) is 0 Å². The highest BCUT2D eigenvalue weighted by Gasteiger charge is 2.25. The molecule has 1 aliphatic rings. The average molecular weight is 155 g/mol. The highest BCUT2D eigenvalue weighted by atomic mass is 16.7. The molecular weight excluding hydrogens is 154 g/mol. The third-order valence-electron chi connectivity index (χ3n) is 0.978. The summed E-state index contributed by atoms with van der Waals surface area (Å²) in [7, 11) is 0. The van der Waals surface area contributed by atoms with E-state index in [9.17, 15) is 9.59 Å². The predicted molar refractivity (Wildman–Crippen MR) is 27.2 cm³/mol. The van der Waals surface area contributed by atoms with Crippen molar-refractivity contribution in [1.29, 1.82) is 0 Å². The Balaban J connectivity index is 2.44. The normalized spacial score (nSPS) is 15.3. The Morgan fingerprint density at radius 2 is 2.18 bits per heavy atom. The second kappa shape index (κ2) is 1.78. The summed E-state index contributed by atoms with van der Waals surface area (Å²) >= 11 is 0. The highest BCUT2D eigenvalue weighted by molar-refractivity contribution is 6.30. The van der Waals surface area contributed by atoms with Crippen molar-refractivity contribution in [3.63, 3.8) is 0 Å². The second-order valence-electron chi connectivity index (χ2n) is 1.70. The van der Waals surface area contributed by atoms with Crippen molar-refractivity contribution >= 4 is 11.9 Å². The first kappa shape index (κ1) is 5.83. The Kier molecular flexibility index (Phi) is 0.945. The number of hydrogen-bond acceptors (Lipinski definition) is 6. The van der Waals surface area contributed by atoms with Gasteiger partial charge in [0.15, 0.2) is 6.33 Å². The van der Waals surface area contributed by atoms with Crippen LogP contribution in [0.4, 0.5) is 0 Å². The molecule has 0 atom stereocenters. The molecule has 7 heteroatoms. The van der Waals surface area contributed by atoms with Crippen LogP contribution >= 0.6 is 0 Å². The van der Waals surface area contributed by atoms with Crippen LogP contribution in [-0.2, 0) is 9.59 Å². The van der Waals surface area contributed by atoms with Crippen LogP contribution in [0.3, 0.4) is 0 Å². The Bertz CT molecular complexity index is 299. The third kappa shape index (κ3) is 0.820. The zero-order valence-corrected chi connectivity index (χ0v) is 5.05. The summed E-state index contributed by atoms with van der Waals surface area (Å²) < 4.78 is 4.31. The molecule has 0 saturated heterocycles. The Labute approximate surface area is 59.5 Å². The number of carbonyl (C=O) groups is 2. The van der Waals surface area contributed by atoms with Crippen LogP contribution in [0, 0.1) is 0 Å². The van der Waals surface area contributed by atoms with E-state index < -0.39 is 11.9 Å². The molecule has 56 valence electrons. The zero-order valence-electron chi connectivity index (χ0n) is 5.05. The molecule has 1 aromatic rings. The molecule has 0 unspecified atom stereocenters. The zero-order chi connectivity index (χ0) is 7.84. The first-order valence-corrected chi connectivity index (χ1v) is 2.62. The summed E-state index contributed by atoms with van der Waals surface area (Å²) in [5.74, 6) is -2.24. The maximum absolute atomic E-state index is 10.5. The molecule has 2 rings (SSSR count). The van der Waals surface area contributed by atoms with Crippen molar-refractivity contribution in [2.24, 2.45) is 0 Å². The lowest BCUT2D eigenvalue weighted by atomic mass is 10.7. The number of esters is 1. The van der Waals surface area contributed by atoms with Gasteiger partial charge in [-0.15, -0.1) is 0 Å². The van der Waals surface area contributed by atoms with Crippen LogP contribution in [0.25, 0.3) is 0 Å². The number of nitrogens with zero attached hydrogens (tertiary/aromatic N) is 3. The smallest absolute Gasteiger partial charge is 0.381 e. The minimum absolute atomic E-state index is 0.194. The molecule has 0 spiro atoms. The van der Waals surface area contributed by atoms with Gasteiger partial charge >= 0.3 is 17.9 Å². The van der Waals surface area contributed by atoms with Crippen molar-refractivity contribution in [2.75, 3.05) is 0 Å². The van der Waals surface area contributed by atoms with Crippen molar-refractivity contribution < 1.29 is 19.2 Å². The molecule has 11 heavy (non-hydrogen) atoms. The number of hydrogen-bond donors (Lipinski definition) is 0. The molecule has 0 amide bonds. The van der Waals surface area contributed by atoms with Crippen LogP contribution in [0.2, 0.25) is 0 Å². The fraction of sp³-hybridized carbons (Fsp3) is 0. The first-order valence-electron chi connectivity index (χ1n) is 2.62. The molecule has 1 aliphatic heterocycles. The standard InChI is InChI=1S/C4HN3O4/c8-2-3(9)11-7-1-5-4(6-7)10-2/h1H. The van der Waals surface area contributed by atoms with E-state index in [1.807, 2.05) is 0 Å². The molecule has 2 heterocycles. The number of ether oxygens (including phenoxy) is 1. The summed E-state index contributed by atoms with van der Waals surface area (Å²) in [5, 5.41) is 3.43. The van der Waals surface area contributed by atoms with Crippen molar-refractivity contribution in [3.8, 4) is 6.01 Å². The van der Waals surface area contributed by atoms with Gasteiger partial charge in [-0.1, -0.05) is 9.94 Å². The Morgan fingerprint density at radius 1 is 1.36 bits per heavy atom. The minimum atomic E-state index is -1.12. The van der Waals surface area contributed by atoms with Gasteiger partial charge in [0.05, 0.1) is 0 Å². The van der Waals surface area contributed by atoms with E-state index >= 15 is 0 Å². The van der Waals surface area contributed by atoms with Gasteiger partial charge in [-0.05, 0) is 0 Å². The summed E-state index contributed by atoms with van der Waals surface area (Å²) in [5.41, 5.74) is 0. The van der Waals surface area contributed by atoms with Gasteiger partial charge in [0, 0.05) is 0 Å². The molecule has 0 aromatic carbocycles. The molecule has 1 aromatic heterocycles. The Hall–Kier alpha value is -1.92. The van der Waals surface area contributed by atoms with Crippen molar-refractivity contribution in [3.05, 3.63) is 6.33 Å². The molecule has 0 radical (unpaired) electrons. The lowest BCUT2D eigenvalue weighted by Gasteiger charge is -1.95. The quantitative estimate of drug-likeness (QED) is 0.323. The molecule has 7 nitrogen and oxygen atoms in total. The average Bonchev–Trinajstić information content (AvgIpc) is 2.30. The van der Waals surface area contributed by atoms with Crippen molar-refractivity contribution in [2.45, 2.75) is 0 Å². The summed E-state index contributed by atoms with van der Waals surface area (Å²) in [6.45, 7) is 0. The fourth-order valence-electron chi connectivity index (χ4n) is 0.572. The monoisotopic (exact) mass is 155 g/mol. The molecular formula is C4HN3O4. The van der Waals surface area contributed by atoms with E-state index in [0.717, 1.165) is 11.2 Å². The fourth-order valence-corrected chi connectivity index (χ4v) is 0.572. The number of aromatic nitrogens is 3. The van der Waals surface area contributed by atoms with Gasteiger partial charge in [0.2, 0.25) is 0 Å². The third-order valence-corrected chi connectivity index (χ3v) is 0.978. The van der Waals surface area contributed by atoms with E-state index in [1.54, 1.807) is 0 Å². The predicted octanol–water partition coefficient (Wildman–Crippen LogP) is -1.85. The topological polar surface area (TPSA) is 83.3 Å². The maximum Gasteiger partial charge on any atom is 0.443 e. The van der Waals surface area contributed by atoms with Gasteiger partial charge in [-0.3, -0.25) is 0 Å². The van der Waals surface area contributed by atoms with E-state index in [2.05, 4.69) is 19.7 Å². The molecule has 0 saturated carbocycles. The highest BCUT2D eigenvalue weighted by Crippen LogP contribution is 2.02. The van der Waals surface area contributed by atoms with Gasteiger partial charge < -0.3 is 9.57 Å². The van der Waals surface area contributed by atoms with E-state index in [-0.39, 0.29) is 6.01 Å². The number of fused-ring (bicyclic) bond motifs is 2. The van der Waals surface area contributed by atoms with E-state index in [0.29, 0.717) is 0 Å². The molecule has 2 bridgehead atoms. The number of rotatable bonds is 0. The van der Waals surface area contributed by atoms with Gasteiger partial charge in [-0.2, -0.15) is 4.98 Å². The Morgan fingerprint density at radius 3 is 3.00 bits per heavy atom. The molecule has 0 fully saturated rings. The van der Waals surface area contributed by atoms with Crippen LogP contribution in [0.1, 0.15) is 0 Å². The largest absolute Gasteiger partial charge is 0.443 e. The SMILES string of the molecule is O=C1Oc2ncn(n2)OC1=O. The summed E-state index contributed by atoms with van der Waals surface area (Å²) in [4.78, 5) is 29.6. The van der Waals surface area contributed by atoms with Crippen LogP contribution in [0.15, 0.2) is 6.33 Å². The van der Waals surface area contributed by atoms with Crippen LogP contribution in [0.5, 0.6) is 6.01 Å². The molecule has 0 N–H and O–H groups in total. The van der Waals surface area contributed by atoms with Crippen LogP contribution < -0.4 is 9.57 Å². The lowest BCUT2D eigenvalue weighted by molar-refractivity contribution is -0.162. The summed E-state index contributed by atoms with van der Waals surface area (Å²) in [6, 6.07) is -0.194. The summed E-state index contributed by atoms with van der Waals surface area (Å²) in [6.07, 6.45) is 1.11. The van der Waals surface area contributed by atoms with Gasteiger partial charge in [0.1, 0.15) is 0 Å². The lowest BCUT2D eigenvalue weighted by Crippen LogP contribution is -2.29. The first-order chi connectivity index (χ1) is 5.25. The molecule has 0 aliphatic carbocycles. The second-order valence-corrected chi connectivity index (χ2v) is 1.70. The van der Waals surface area contributed by atoms with Crippen LogP contribution in [-0.4, -0.2) is 26.9 Å². The van der Waals surface area contributed by atoms with Gasteiger partial charge in [-0.25, -0.2) is 9.59 Å². The van der Waals surface area contributed by atoms with Gasteiger partial charge in [0.25, 0.3) is 0 Å². The maximum atomic E-state index is 10.5. The van der Waals surface area contributed by atoms with Crippen molar-refractivity contribution in [1.82, 2.24) is 14.9 Å². The number of carbonyl (C=O) groups excluding carboxylic acids is 2. The minimum Gasteiger partial charge on any atom is -0.381 e.